The summed E-state index contributed by atoms with van der Waals surface area (Å²) in [7, 11) is 0. The Labute approximate surface area is 121 Å². The van der Waals surface area contributed by atoms with E-state index < -0.39 is 11.5 Å². The second-order valence-corrected chi connectivity index (χ2v) is 6.45. The van der Waals surface area contributed by atoms with E-state index in [9.17, 15) is 9.90 Å². The molecule has 2 aromatic rings. The zero-order valence-electron chi connectivity index (χ0n) is 11.3. The van der Waals surface area contributed by atoms with Crippen molar-refractivity contribution >= 4 is 33.3 Å². The van der Waals surface area contributed by atoms with Gasteiger partial charge < -0.3 is 10.4 Å². The van der Waals surface area contributed by atoms with Crippen LogP contribution in [-0.2, 0) is 4.79 Å². The Morgan fingerprint density at radius 3 is 2.90 bits per heavy atom. The zero-order valence-corrected chi connectivity index (χ0v) is 12.1. The normalized spacial score (nSPS) is 26.6. The lowest BCUT2D eigenvalue weighted by molar-refractivity contribution is -0.143. The first-order chi connectivity index (χ1) is 9.61. The van der Waals surface area contributed by atoms with Crippen LogP contribution in [0, 0.1) is 5.92 Å². The third-order valence-electron chi connectivity index (χ3n) is 4.16. The van der Waals surface area contributed by atoms with Gasteiger partial charge in [0.1, 0.15) is 22.5 Å². The van der Waals surface area contributed by atoms with Crippen LogP contribution in [-0.4, -0.2) is 26.6 Å². The van der Waals surface area contributed by atoms with Crippen LogP contribution in [0.2, 0.25) is 0 Å². The Morgan fingerprint density at radius 1 is 1.45 bits per heavy atom. The van der Waals surface area contributed by atoms with Gasteiger partial charge in [-0.3, -0.25) is 0 Å². The quantitative estimate of drug-likeness (QED) is 0.908. The smallest absolute Gasteiger partial charge is 0.329 e. The average Bonchev–Trinajstić information content (AvgIpc) is 2.91. The molecule has 3 rings (SSSR count). The monoisotopic (exact) mass is 291 g/mol. The fraction of sp³-hybridized carbons (Fsp3) is 0.500. The summed E-state index contributed by atoms with van der Waals surface area (Å²) in [5, 5.41) is 15.7. The second kappa shape index (κ2) is 5.01. The number of hydrogen-bond acceptors (Lipinski definition) is 5. The minimum absolute atomic E-state index is 0.593. The van der Waals surface area contributed by atoms with Gasteiger partial charge in [-0.15, -0.1) is 11.3 Å². The lowest BCUT2D eigenvalue weighted by atomic mass is 9.77. The number of carboxylic acids is 1. The van der Waals surface area contributed by atoms with Crippen LogP contribution < -0.4 is 5.32 Å². The molecule has 6 heteroatoms. The Morgan fingerprint density at radius 2 is 2.20 bits per heavy atom. The lowest BCUT2D eigenvalue weighted by Crippen LogP contribution is -2.49. The molecule has 0 aromatic carbocycles. The molecule has 20 heavy (non-hydrogen) atoms. The van der Waals surface area contributed by atoms with E-state index in [0.29, 0.717) is 24.6 Å². The topological polar surface area (TPSA) is 75.1 Å². The molecule has 2 aromatic heterocycles. The molecule has 1 aliphatic rings. The Hall–Kier alpha value is -1.69. The van der Waals surface area contributed by atoms with Gasteiger partial charge in [0.15, 0.2) is 0 Å². The third-order valence-corrected chi connectivity index (χ3v) is 4.98. The summed E-state index contributed by atoms with van der Waals surface area (Å²) in [5.74, 6) is 0.440. The van der Waals surface area contributed by atoms with Crippen LogP contribution in [0.25, 0.3) is 10.2 Å². The fourth-order valence-corrected chi connectivity index (χ4v) is 3.50. The number of carboxylic acid groups (broad SMARTS) is 1. The van der Waals surface area contributed by atoms with Crippen molar-refractivity contribution in [1.29, 1.82) is 0 Å². The van der Waals surface area contributed by atoms with E-state index in [0.717, 1.165) is 23.1 Å². The number of rotatable bonds is 3. The highest BCUT2D eigenvalue weighted by atomic mass is 32.1. The molecule has 5 nitrogen and oxygen atoms in total. The molecule has 2 N–H and O–H groups in total. The molecule has 0 bridgehead atoms. The number of nitrogens with one attached hydrogen (secondary N) is 1. The van der Waals surface area contributed by atoms with Gasteiger partial charge in [0, 0.05) is 0 Å². The van der Waals surface area contributed by atoms with Gasteiger partial charge in [0.25, 0.3) is 0 Å². The minimum atomic E-state index is -0.893. The van der Waals surface area contributed by atoms with Crippen LogP contribution in [0.15, 0.2) is 17.8 Å². The van der Waals surface area contributed by atoms with E-state index in [1.807, 2.05) is 11.4 Å². The molecule has 0 atom stereocenters. The van der Waals surface area contributed by atoms with E-state index in [-0.39, 0.29) is 0 Å². The molecule has 0 radical (unpaired) electrons. The van der Waals surface area contributed by atoms with Crippen molar-refractivity contribution in [2.45, 2.75) is 38.1 Å². The first-order valence-electron chi connectivity index (χ1n) is 6.80. The number of fused-ring (bicyclic) bond motifs is 1. The first kappa shape index (κ1) is 13.3. The number of nitrogens with zero attached hydrogens (tertiary/aromatic N) is 2. The number of aliphatic carboxylic acids is 1. The fourth-order valence-electron chi connectivity index (χ4n) is 2.76. The molecule has 2 heterocycles. The van der Waals surface area contributed by atoms with Crippen molar-refractivity contribution in [1.82, 2.24) is 9.97 Å². The number of anilines is 1. The molecule has 1 fully saturated rings. The molecule has 0 aliphatic heterocycles. The predicted molar refractivity (Wildman–Crippen MR) is 79.0 cm³/mol. The van der Waals surface area contributed by atoms with Crippen molar-refractivity contribution in [2.75, 3.05) is 5.32 Å². The van der Waals surface area contributed by atoms with Gasteiger partial charge >= 0.3 is 5.97 Å². The van der Waals surface area contributed by atoms with Gasteiger partial charge in [-0.05, 0) is 43.0 Å². The standard InChI is InChI=1S/C14H17N3O2S/c1-9-2-5-14(6-3-9,13(18)19)17-11-10-4-7-20-12(10)16-8-15-11/h4,7-9H,2-3,5-6H2,1H3,(H,18,19)(H,15,16,17). The van der Waals surface area contributed by atoms with Gasteiger partial charge in [0.2, 0.25) is 0 Å². The maximum atomic E-state index is 11.8. The van der Waals surface area contributed by atoms with Crippen LogP contribution >= 0.6 is 11.3 Å². The molecular formula is C14H17N3O2S. The molecule has 106 valence electrons. The van der Waals surface area contributed by atoms with Crippen molar-refractivity contribution < 1.29 is 9.90 Å². The molecule has 1 aliphatic carbocycles. The van der Waals surface area contributed by atoms with E-state index in [4.69, 9.17) is 0 Å². The Balaban J connectivity index is 1.94. The Bertz CT molecular complexity index is 632. The molecule has 0 amide bonds. The molecular weight excluding hydrogens is 274 g/mol. The third kappa shape index (κ3) is 2.24. The van der Waals surface area contributed by atoms with Gasteiger partial charge in [-0.2, -0.15) is 0 Å². The maximum absolute atomic E-state index is 11.8. The van der Waals surface area contributed by atoms with Crippen LogP contribution in [0.4, 0.5) is 5.82 Å². The number of thiophene rings is 1. The minimum Gasteiger partial charge on any atom is -0.480 e. The van der Waals surface area contributed by atoms with Crippen LogP contribution in [0.1, 0.15) is 32.6 Å². The summed E-state index contributed by atoms with van der Waals surface area (Å²) in [6.07, 6.45) is 4.62. The molecule has 0 saturated heterocycles. The lowest BCUT2D eigenvalue weighted by Gasteiger charge is -2.36. The van der Waals surface area contributed by atoms with Gasteiger partial charge in [-0.1, -0.05) is 6.92 Å². The number of aromatic nitrogens is 2. The average molecular weight is 291 g/mol. The summed E-state index contributed by atoms with van der Waals surface area (Å²) in [5.41, 5.74) is -0.893. The van der Waals surface area contributed by atoms with Gasteiger partial charge in [0.05, 0.1) is 5.39 Å². The highest BCUT2D eigenvalue weighted by Crippen LogP contribution is 2.36. The number of carbonyl (C=O) groups is 1. The first-order valence-corrected chi connectivity index (χ1v) is 7.68. The number of hydrogen-bond donors (Lipinski definition) is 2. The highest BCUT2D eigenvalue weighted by molar-refractivity contribution is 7.16. The second-order valence-electron chi connectivity index (χ2n) is 5.56. The SMILES string of the molecule is CC1CCC(Nc2ncnc3sccc23)(C(=O)O)CC1. The summed E-state index contributed by atoms with van der Waals surface area (Å²) in [4.78, 5) is 21.1. The van der Waals surface area contributed by atoms with E-state index in [1.54, 1.807) is 0 Å². The summed E-state index contributed by atoms with van der Waals surface area (Å²) in [6.45, 7) is 2.17. The van der Waals surface area contributed by atoms with Crippen molar-refractivity contribution in [3.63, 3.8) is 0 Å². The van der Waals surface area contributed by atoms with E-state index in [2.05, 4.69) is 22.2 Å². The largest absolute Gasteiger partial charge is 0.480 e. The maximum Gasteiger partial charge on any atom is 0.329 e. The van der Waals surface area contributed by atoms with Crippen molar-refractivity contribution in [3.05, 3.63) is 17.8 Å². The molecule has 0 unspecified atom stereocenters. The van der Waals surface area contributed by atoms with Crippen molar-refractivity contribution in [2.24, 2.45) is 5.92 Å². The molecule has 0 spiro atoms. The van der Waals surface area contributed by atoms with Crippen LogP contribution in [0.3, 0.4) is 0 Å². The van der Waals surface area contributed by atoms with E-state index >= 15 is 0 Å². The Kier molecular flexibility index (Phi) is 3.33. The summed E-state index contributed by atoms with van der Waals surface area (Å²) < 4.78 is 0. The van der Waals surface area contributed by atoms with Gasteiger partial charge in [-0.25, -0.2) is 14.8 Å². The summed E-state index contributed by atoms with van der Waals surface area (Å²) >= 11 is 1.53. The summed E-state index contributed by atoms with van der Waals surface area (Å²) in [6, 6.07) is 1.93. The molecule has 1 saturated carbocycles. The van der Waals surface area contributed by atoms with E-state index in [1.165, 1.54) is 17.7 Å². The predicted octanol–water partition coefficient (Wildman–Crippen LogP) is 3.14. The van der Waals surface area contributed by atoms with Crippen molar-refractivity contribution in [3.8, 4) is 0 Å². The highest BCUT2D eigenvalue weighted by Gasteiger charge is 2.41. The van der Waals surface area contributed by atoms with Crippen LogP contribution in [0.5, 0.6) is 0 Å². The zero-order chi connectivity index (χ0) is 14.2.